The smallest absolute Gasteiger partial charge is 0.405 e. The van der Waals surface area contributed by atoms with Gasteiger partial charge in [-0.05, 0) is 17.7 Å². The Bertz CT molecular complexity index is 613. The molecule has 0 aliphatic rings. The van der Waals surface area contributed by atoms with Crippen molar-refractivity contribution in [1.82, 2.24) is 5.32 Å². The van der Waals surface area contributed by atoms with E-state index in [0.29, 0.717) is 5.02 Å². The molecule has 20 heavy (non-hydrogen) atoms. The van der Waals surface area contributed by atoms with Crippen molar-refractivity contribution in [3.05, 3.63) is 34.9 Å². The van der Waals surface area contributed by atoms with Crippen molar-refractivity contribution in [3.8, 4) is 0 Å². The molecule has 110 valence electrons. The molecule has 1 atom stereocenters. The molecule has 4 N–H and O–H groups in total. The van der Waals surface area contributed by atoms with Gasteiger partial charge in [-0.15, -0.1) is 4.40 Å². The molecule has 0 bridgehead atoms. The van der Waals surface area contributed by atoms with E-state index in [2.05, 4.69) is 9.71 Å². The SMILES string of the molecule is CS(=O)(=O)N=C(N)C(Cc1ccc(Cl)cc1)NC(=O)O. The van der Waals surface area contributed by atoms with Gasteiger partial charge in [0, 0.05) is 11.4 Å². The van der Waals surface area contributed by atoms with E-state index in [4.69, 9.17) is 22.4 Å². The monoisotopic (exact) mass is 319 g/mol. The Kier molecular flexibility index (Phi) is 5.34. The third kappa shape index (κ3) is 5.89. The van der Waals surface area contributed by atoms with E-state index in [1.165, 1.54) is 0 Å². The third-order valence-electron chi connectivity index (χ3n) is 2.28. The summed E-state index contributed by atoms with van der Waals surface area (Å²) in [5.41, 5.74) is 6.28. The molecule has 0 saturated carbocycles. The molecule has 0 fully saturated rings. The molecule has 0 saturated heterocycles. The molecule has 7 nitrogen and oxygen atoms in total. The van der Waals surface area contributed by atoms with Crippen LogP contribution in [0.5, 0.6) is 0 Å². The lowest BCUT2D eigenvalue weighted by Gasteiger charge is -2.16. The standard InChI is InChI=1S/C11H14ClN3O4S/c1-20(18,19)15-10(13)9(14-11(16)17)6-7-2-4-8(12)5-3-7/h2-5,9,14H,6H2,1H3,(H2,13,15)(H,16,17). The predicted molar refractivity (Wildman–Crippen MR) is 76.6 cm³/mol. The summed E-state index contributed by atoms with van der Waals surface area (Å²) < 4.78 is 25.4. The summed E-state index contributed by atoms with van der Waals surface area (Å²) >= 11 is 5.74. The number of hydrogen-bond acceptors (Lipinski definition) is 3. The minimum Gasteiger partial charge on any atom is -0.465 e. The molecular weight excluding hydrogens is 306 g/mol. The van der Waals surface area contributed by atoms with E-state index in [1.54, 1.807) is 24.3 Å². The van der Waals surface area contributed by atoms with Gasteiger partial charge in [0.2, 0.25) is 0 Å². The van der Waals surface area contributed by atoms with Crippen molar-refractivity contribution in [2.24, 2.45) is 10.1 Å². The maximum atomic E-state index is 11.1. The molecule has 0 radical (unpaired) electrons. The van der Waals surface area contributed by atoms with Crippen molar-refractivity contribution in [1.29, 1.82) is 0 Å². The molecule has 1 aromatic rings. The first-order valence-electron chi connectivity index (χ1n) is 5.46. The average molecular weight is 320 g/mol. The first-order chi connectivity index (χ1) is 9.17. The zero-order chi connectivity index (χ0) is 15.3. The van der Waals surface area contributed by atoms with E-state index in [-0.39, 0.29) is 12.3 Å². The highest BCUT2D eigenvalue weighted by Gasteiger charge is 2.18. The van der Waals surface area contributed by atoms with Crippen LogP contribution in [-0.2, 0) is 16.4 Å². The van der Waals surface area contributed by atoms with E-state index in [9.17, 15) is 13.2 Å². The van der Waals surface area contributed by atoms with E-state index in [1.807, 2.05) is 0 Å². The number of rotatable bonds is 5. The Morgan fingerprint density at radius 3 is 2.45 bits per heavy atom. The summed E-state index contributed by atoms with van der Waals surface area (Å²) in [6.07, 6.45) is -0.287. The summed E-state index contributed by atoms with van der Waals surface area (Å²) in [6, 6.07) is 5.71. The van der Waals surface area contributed by atoms with Gasteiger partial charge >= 0.3 is 6.09 Å². The molecule has 0 aromatic heterocycles. The number of hydrogen-bond donors (Lipinski definition) is 3. The molecule has 0 spiro atoms. The maximum absolute atomic E-state index is 11.1. The maximum Gasteiger partial charge on any atom is 0.405 e. The van der Waals surface area contributed by atoms with Crippen LogP contribution in [0.25, 0.3) is 0 Å². The fraction of sp³-hybridized carbons (Fsp3) is 0.273. The Morgan fingerprint density at radius 2 is 2.00 bits per heavy atom. The first-order valence-corrected chi connectivity index (χ1v) is 7.69. The van der Waals surface area contributed by atoms with Crippen molar-refractivity contribution in [2.75, 3.05) is 6.26 Å². The number of benzene rings is 1. The summed E-state index contributed by atoms with van der Waals surface area (Å²) in [5.74, 6) is -0.315. The molecule has 1 amide bonds. The van der Waals surface area contributed by atoms with Gasteiger partial charge < -0.3 is 16.2 Å². The summed E-state index contributed by atoms with van der Waals surface area (Å²) in [7, 11) is -3.69. The lowest BCUT2D eigenvalue weighted by molar-refractivity contribution is 0.192. The van der Waals surface area contributed by atoms with Crippen LogP contribution in [0.15, 0.2) is 28.7 Å². The lowest BCUT2D eigenvalue weighted by atomic mass is 10.1. The normalized spacial score (nSPS) is 13.8. The number of carbonyl (C=O) groups is 1. The second kappa shape index (κ2) is 6.58. The number of nitrogens with one attached hydrogen (secondary N) is 1. The van der Waals surface area contributed by atoms with E-state index < -0.39 is 22.2 Å². The Morgan fingerprint density at radius 1 is 1.45 bits per heavy atom. The average Bonchev–Trinajstić information content (AvgIpc) is 2.28. The van der Waals surface area contributed by atoms with Crippen LogP contribution in [-0.4, -0.2) is 37.8 Å². The highest BCUT2D eigenvalue weighted by atomic mass is 35.5. The van der Waals surface area contributed by atoms with Crippen LogP contribution in [0.4, 0.5) is 4.79 Å². The minimum absolute atomic E-state index is 0.161. The quantitative estimate of drug-likeness (QED) is 0.548. The first kappa shape index (κ1) is 16.3. The fourth-order valence-corrected chi connectivity index (χ4v) is 2.13. The number of amidine groups is 1. The second-order valence-corrected chi connectivity index (χ2v) is 6.17. The molecule has 1 unspecified atom stereocenters. The third-order valence-corrected chi connectivity index (χ3v) is 3.07. The molecular formula is C11H14ClN3O4S. The molecule has 0 heterocycles. The second-order valence-electron chi connectivity index (χ2n) is 4.08. The van der Waals surface area contributed by atoms with Crippen LogP contribution in [0.2, 0.25) is 5.02 Å². The van der Waals surface area contributed by atoms with Gasteiger partial charge in [0.15, 0.2) is 0 Å². The molecule has 0 aliphatic heterocycles. The number of amides is 1. The van der Waals surface area contributed by atoms with Crippen LogP contribution in [0.3, 0.4) is 0 Å². The summed E-state index contributed by atoms with van der Waals surface area (Å²) in [6.45, 7) is 0. The van der Waals surface area contributed by atoms with Crippen LogP contribution >= 0.6 is 11.6 Å². The zero-order valence-electron chi connectivity index (χ0n) is 10.6. The van der Waals surface area contributed by atoms with Crippen molar-refractivity contribution in [3.63, 3.8) is 0 Å². The fourth-order valence-electron chi connectivity index (χ4n) is 1.49. The van der Waals surface area contributed by atoms with Gasteiger partial charge in [-0.1, -0.05) is 23.7 Å². The number of nitrogens with zero attached hydrogens (tertiary/aromatic N) is 1. The Hall–Kier alpha value is -1.80. The van der Waals surface area contributed by atoms with Gasteiger partial charge in [0.1, 0.15) is 5.84 Å². The Balaban J connectivity index is 2.98. The van der Waals surface area contributed by atoms with Gasteiger partial charge in [-0.25, -0.2) is 13.2 Å². The van der Waals surface area contributed by atoms with Gasteiger partial charge in [0.05, 0.1) is 12.3 Å². The Labute approximate surface area is 121 Å². The van der Waals surface area contributed by atoms with E-state index >= 15 is 0 Å². The van der Waals surface area contributed by atoms with Crippen LogP contribution in [0, 0.1) is 0 Å². The number of sulfonamides is 1. The van der Waals surface area contributed by atoms with E-state index in [0.717, 1.165) is 11.8 Å². The number of carboxylic acid groups (broad SMARTS) is 1. The minimum atomic E-state index is -3.69. The molecule has 1 rings (SSSR count). The molecule has 9 heteroatoms. The van der Waals surface area contributed by atoms with Gasteiger partial charge in [0.25, 0.3) is 10.0 Å². The largest absolute Gasteiger partial charge is 0.465 e. The number of halogens is 1. The van der Waals surface area contributed by atoms with Gasteiger partial charge in [-0.2, -0.15) is 0 Å². The number of nitrogens with two attached hydrogens (primary N) is 1. The molecule has 0 aliphatic carbocycles. The highest BCUT2D eigenvalue weighted by molar-refractivity contribution is 7.89. The van der Waals surface area contributed by atoms with Gasteiger partial charge in [-0.3, -0.25) is 0 Å². The van der Waals surface area contributed by atoms with Crippen LogP contribution in [0.1, 0.15) is 5.56 Å². The van der Waals surface area contributed by atoms with Crippen molar-refractivity contribution >= 4 is 33.6 Å². The predicted octanol–water partition coefficient (Wildman–Crippen LogP) is 0.836. The van der Waals surface area contributed by atoms with Crippen molar-refractivity contribution < 1.29 is 18.3 Å². The summed E-state index contributed by atoms with van der Waals surface area (Å²) in [4.78, 5) is 10.7. The van der Waals surface area contributed by atoms with Crippen LogP contribution < -0.4 is 11.1 Å². The highest BCUT2D eigenvalue weighted by Crippen LogP contribution is 2.11. The van der Waals surface area contributed by atoms with Crippen molar-refractivity contribution in [2.45, 2.75) is 12.5 Å². The lowest BCUT2D eigenvalue weighted by Crippen LogP contribution is -2.45. The molecule has 1 aromatic carbocycles. The zero-order valence-corrected chi connectivity index (χ0v) is 12.1. The summed E-state index contributed by atoms with van der Waals surface area (Å²) in [5, 5.41) is 11.4. The topological polar surface area (TPSA) is 122 Å².